The van der Waals surface area contributed by atoms with Gasteiger partial charge in [-0.05, 0) is 104 Å². The number of carbonyl (C=O) groups is 1. The molecule has 5 N–H and O–H groups in total. The molecule has 2 aromatic carbocycles. The average molecular weight is 691 g/mol. The van der Waals surface area contributed by atoms with Gasteiger partial charge in [0.2, 0.25) is 0 Å². The molecule has 2 rings (SSSR count). The zero-order valence-corrected chi connectivity index (χ0v) is 21.5. The standard InChI is InChI=1S/C15H12I3NO4.Na.H2O/c16-9-6-8(1-2-13(9)20)23-14-10(17)3-7(4-11(14)18)5-12(19)15(21)22;;/h1-4,6,12,20H,5,19H2,(H,21,22);;1H2/q;+1;/p-1/t12-;;/m0../s1. The Kier molecular flexibility index (Phi) is 11.7. The van der Waals surface area contributed by atoms with Crippen LogP contribution in [0.1, 0.15) is 5.56 Å². The number of ether oxygens (including phenoxy) is 1. The van der Waals surface area contributed by atoms with E-state index in [1.165, 1.54) is 6.07 Å². The summed E-state index contributed by atoms with van der Waals surface area (Å²) in [6, 6.07) is 7.56. The quantitative estimate of drug-likeness (QED) is 0.323. The summed E-state index contributed by atoms with van der Waals surface area (Å²) in [7, 11) is 0. The second-order valence-corrected chi connectivity index (χ2v) is 8.22. The Morgan fingerprint density at radius 2 is 1.72 bits per heavy atom. The topological polar surface area (TPSA) is 127 Å². The number of rotatable bonds is 5. The molecule has 130 valence electrons. The molecule has 6 nitrogen and oxygen atoms in total. The van der Waals surface area contributed by atoms with Gasteiger partial charge in [0.25, 0.3) is 0 Å². The second-order valence-electron chi connectivity index (χ2n) is 4.73. The molecule has 0 bridgehead atoms. The van der Waals surface area contributed by atoms with Crippen molar-refractivity contribution in [2.45, 2.75) is 12.5 Å². The van der Waals surface area contributed by atoms with E-state index in [1.807, 2.05) is 34.7 Å². The molecule has 0 unspecified atom stereocenters. The van der Waals surface area contributed by atoms with Crippen LogP contribution in [0.15, 0.2) is 30.3 Å². The molecule has 0 amide bonds. The Labute approximate surface area is 207 Å². The second kappa shape index (κ2) is 11.5. The zero-order chi connectivity index (χ0) is 17.1. The van der Waals surface area contributed by atoms with Crippen LogP contribution >= 0.6 is 67.8 Å². The summed E-state index contributed by atoms with van der Waals surface area (Å²) in [5, 5.41) is 20.3. The number of nitrogens with two attached hydrogens (primary N) is 1. The van der Waals surface area contributed by atoms with E-state index in [0.29, 0.717) is 15.1 Å². The number of hydrogen-bond donors (Lipinski definition) is 2. The smallest absolute Gasteiger partial charge is 0.872 e. The minimum atomic E-state index is -1.03. The Bertz CT molecular complexity index is 737. The van der Waals surface area contributed by atoms with Crippen molar-refractivity contribution in [1.29, 1.82) is 0 Å². The fourth-order valence-electron chi connectivity index (χ4n) is 1.83. The van der Waals surface area contributed by atoms with Gasteiger partial charge in [-0.25, -0.2) is 0 Å². The van der Waals surface area contributed by atoms with E-state index < -0.39 is 12.0 Å². The summed E-state index contributed by atoms with van der Waals surface area (Å²) in [5.74, 6) is 0.191. The summed E-state index contributed by atoms with van der Waals surface area (Å²) in [6.07, 6.45) is 0.254. The van der Waals surface area contributed by atoms with Gasteiger partial charge < -0.3 is 26.2 Å². The molecule has 0 saturated heterocycles. The maximum absolute atomic E-state index is 11.4. The van der Waals surface area contributed by atoms with Crippen LogP contribution < -0.4 is 45.1 Å². The van der Waals surface area contributed by atoms with Gasteiger partial charge >= 0.3 is 35.5 Å². The van der Waals surface area contributed by atoms with Crippen LogP contribution in [0.5, 0.6) is 17.2 Å². The first-order chi connectivity index (χ1) is 10.8. The monoisotopic (exact) mass is 691 g/mol. The van der Waals surface area contributed by atoms with Gasteiger partial charge in [0.15, 0.2) is 5.75 Å². The fraction of sp³-hybridized carbons (Fsp3) is 0.133. The van der Waals surface area contributed by atoms with Gasteiger partial charge in [-0.2, -0.15) is 0 Å². The molecule has 0 radical (unpaired) electrons. The molecule has 0 spiro atoms. The van der Waals surface area contributed by atoms with Crippen LogP contribution in [-0.2, 0) is 11.2 Å². The van der Waals surface area contributed by atoms with Crippen LogP contribution in [0, 0.1) is 10.7 Å². The van der Waals surface area contributed by atoms with Crippen molar-refractivity contribution in [3.05, 3.63) is 46.6 Å². The van der Waals surface area contributed by atoms with Gasteiger partial charge in [-0.3, -0.25) is 4.79 Å². The maximum Gasteiger partial charge on any atom is 1.00 e. The summed E-state index contributed by atoms with van der Waals surface area (Å²) in [5.41, 5.74) is 6.41. The number of halogens is 3. The molecule has 1 atom stereocenters. The van der Waals surface area contributed by atoms with Crippen LogP contribution in [-0.4, -0.2) is 22.6 Å². The van der Waals surface area contributed by atoms with Gasteiger partial charge in [0.05, 0.1) is 7.14 Å². The van der Waals surface area contributed by atoms with Crippen molar-refractivity contribution in [3.63, 3.8) is 0 Å². The van der Waals surface area contributed by atoms with E-state index in [2.05, 4.69) is 45.2 Å². The molecule has 2 aromatic rings. The fourth-order valence-corrected chi connectivity index (χ4v) is 4.44. The number of aliphatic carboxylic acids is 1. The minimum Gasteiger partial charge on any atom is -0.872 e. The molecule has 0 saturated carbocycles. The van der Waals surface area contributed by atoms with Crippen molar-refractivity contribution < 1.29 is 54.8 Å². The van der Waals surface area contributed by atoms with E-state index in [4.69, 9.17) is 15.6 Å². The molecule has 0 aliphatic heterocycles. The Morgan fingerprint density at radius 3 is 2.20 bits per heavy atom. The van der Waals surface area contributed by atoms with E-state index in [9.17, 15) is 9.90 Å². The van der Waals surface area contributed by atoms with Crippen molar-refractivity contribution in [3.8, 4) is 17.2 Å². The van der Waals surface area contributed by atoms with Crippen molar-refractivity contribution in [2.75, 3.05) is 0 Å². The molecule has 0 aliphatic rings. The van der Waals surface area contributed by atoms with E-state index in [0.717, 1.165) is 12.7 Å². The van der Waals surface area contributed by atoms with E-state index >= 15 is 0 Å². The molecule has 0 aromatic heterocycles. The van der Waals surface area contributed by atoms with Gasteiger partial charge in [0, 0.05) is 3.57 Å². The zero-order valence-electron chi connectivity index (χ0n) is 13.1. The van der Waals surface area contributed by atoms with Gasteiger partial charge in [-0.1, -0.05) is 11.8 Å². The molecule has 25 heavy (non-hydrogen) atoms. The Balaban J connectivity index is 0.00000288. The average Bonchev–Trinajstić information content (AvgIpc) is 2.46. The number of carboxylic acid groups (broad SMARTS) is 1. The molecular weight excluding hydrogens is 678 g/mol. The number of hydrogen-bond acceptors (Lipinski definition) is 4. The molecule has 0 fully saturated rings. The van der Waals surface area contributed by atoms with Crippen molar-refractivity contribution in [2.24, 2.45) is 5.73 Å². The normalized spacial score (nSPS) is 11.0. The summed E-state index contributed by atoms with van der Waals surface area (Å²) < 4.78 is 8.17. The number of benzene rings is 2. The summed E-state index contributed by atoms with van der Waals surface area (Å²) in [4.78, 5) is 10.9. The van der Waals surface area contributed by atoms with Crippen molar-refractivity contribution in [1.82, 2.24) is 0 Å². The third kappa shape index (κ3) is 7.27. The molecule has 10 heteroatoms. The molecular formula is C15H13I3NNaO5. The van der Waals surface area contributed by atoms with Crippen LogP contribution in [0.25, 0.3) is 0 Å². The largest absolute Gasteiger partial charge is 1.00 e. The van der Waals surface area contributed by atoms with Gasteiger partial charge in [-0.15, -0.1) is 0 Å². The summed E-state index contributed by atoms with van der Waals surface area (Å²) >= 11 is 6.24. The summed E-state index contributed by atoms with van der Waals surface area (Å²) in [6.45, 7) is 0. The molecule has 0 heterocycles. The first-order valence-electron chi connectivity index (χ1n) is 6.38. The first-order valence-corrected chi connectivity index (χ1v) is 9.62. The predicted molar refractivity (Wildman–Crippen MR) is 113 cm³/mol. The SMILES string of the molecule is N[C@@H](Cc1cc(I)c(Oc2ccc([O-])c(I)c2)c(I)c1)C(=O)O.O.[Na+]. The Morgan fingerprint density at radius 1 is 1.16 bits per heavy atom. The maximum atomic E-state index is 11.4. The van der Waals surface area contributed by atoms with E-state index in [-0.39, 0.29) is 47.2 Å². The minimum absolute atomic E-state index is 0. The van der Waals surface area contributed by atoms with Crippen LogP contribution in [0.4, 0.5) is 0 Å². The third-order valence-electron chi connectivity index (χ3n) is 2.95. The van der Waals surface area contributed by atoms with E-state index in [1.54, 1.807) is 12.1 Å². The Hall–Kier alpha value is 0.620. The third-order valence-corrected chi connectivity index (χ3v) is 5.40. The predicted octanol–water partition coefficient (Wildman–Crippen LogP) is -0.500. The van der Waals surface area contributed by atoms with Crippen molar-refractivity contribution >= 4 is 73.7 Å². The number of carboxylic acids is 1. The first kappa shape index (κ1) is 25.6. The van der Waals surface area contributed by atoms with Crippen LogP contribution in [0.3, 0.4) is 0 Å². The van der Waals surface area contributed by atoms with Gasteiger partial charge in [0.1, 0.15) is 11.8 Å². The van der Waals surface area contributed by atoms with Crippen LogP contribution in [0.2, 0.25) is 0 Å². The molecule has 0 aliphatic carbocycles.